The van der Waals surface area contributed by atoms with Crippen molar-refractivity contribution in [2.24, 2.45) is 16.1 Å². The summed E-state index contributed by atoms with van der Waals surface area (Å²) in [6.07, 6.45) is 1.06. The zero-order chi connectivity index (χ0) is 24.8. The summed E-state index contributed by atoms with van der Waals surface area (Å²) < 4.78 is 3.73. The second-order valence-corrected chi connectivity index (χ2v) is 9.94. The number of para-hydroxylation sites is 1. The normalized spacial score (nSPS) is 19.6. The standard InChI is InChI=1S/C27H24ClN5O3/c28-20-10-8-18(9-11-20)26(35)30-29-25-21-4-1-2-5-23(21)33(27(25)36)16-31-13-17-12-19(15-31)22-6-3-7-24(34)32(22)14-17/h1-11,17,19,36H,12-16H2. The van der Waals surface area contributed by atoms with E-state index in [1.165, 1.54) is 0 Å². The summed E-state index contributed by atoms with van der Waals surface area (Å²) in [5.74, 6) is 0.0971. The number of azo groups is 1. The van der Waals surface area contributed by atoms with Gasteiger partial charge >= 0.3 is 0 Å². The highest BCUT2D eigenvalue weighted by Gasteiger charge is 2.35. The average Bonchev–Trinajstić information content (AvgIpc) is 3.14. The molecule has 2 aliphatic rings. The van der Waals surface area contributed by atoms with Gasteiger partial charge in [0.2, 0.25) is 5.88 Å². The molecule has 9 heteroatoms. The highest BCUT2D eigenvalue weighted by Crippen LogP contribution is 2.40. The molecular formula is C27H24ClN5O3. The molecule has 2 aromatic carbocycles. The number of nitrogens with zero attached hydrogens (tertiary/aromatic N) is 5. The number of benzene rings is 2. The van der Waals surface area contributed by atoms with Crippen LogP contribution in [0.3, 0.4) is 0 Å². The van der Waals surface area contributed by atoms with Gasteiger partial charge in [0, 0.05) is 53.3 Å². The first-order chi connectivity index (χ1) is 17.5. The molecule has 0 saturated carbocycles. The van der Waals surface area contributed by atoms with E-state index in [4.69, 9.17) is 11.6 Å². The highest BCUT2D eigenvalue weighted by molar-refractivity contribution is 6.30. The van der Waals surface area contributed by atoms with Crippen LogP contribution in [0.2, 0.25) is 5.02 Å². The first-order valence-corrected chi connectivity index (χ1v) is 12.3. The number of piperidine rings is 1. The van der Waals surface area contributed by atoms with Crippen molar-refractivity contribution >= 4 is 34.1 Å². The Labute approximate surface area is 212 Å². The molecule has 1 saturated heterocycles. The lowest BCUT2D eigenvalue weighted by atomic mass is 9.83. The van der Waals surface area contributed by atoms with Crippen LogP contribution in [-0.4, -0.2) is 38.1 Å². The molecule has 4 heterocycles. The van der Waals surface area contributed by atoms with Gasteiger partial charge in [0.25, 0.3) is 11.5 Å². The first-order valence-electron chi connectivity index (χ1n) is 11.9. The fourth-order valence-corrected chi connectivity index (χ4v) is 5.70. The lowest BCUT2D eigenvalue weighted by Gasteiger charge is -2.42. The summed E-state index contributed by atoms with van der Waals surface area (Å²) in [4.78, 5) is 27.2. The fourth-order valence-electron chi connectivity index (χ4n) is 5.57. The molecule has 0 radical (unpaired) electrons. The third kappa shape index (κ3) is 4.02. The van der Waals surface area contributed by atoms with Gasteiger partial charge in [-0.25, -0.2) is 0 Å². The minimum Gasteiger partial charge on any atom is -0.493 e. The van der Waals surface area contributed by atoms with Crippen LogP contribution < -0.4 is 5.56 Å². The Morgan fingerprint density at radius 3 is 2.64 bits per heavy atom. The van der Waals surface area contributed by atoms with Gasteiger partial charge in [-0.2, -0.15) is 0 Å². The van der Waals surface area contributed by atoms with Gasteiger partial charge in [-0.1, -0.05) is 35.9 Å². The maximum atomic E-state index is 12.5. The quantitative estimate of drug-likeness (QED) is 0.391. The second-order valence-electron chi connectivity index (χ2n) is 9.50. The molecule has 2 unspecified atom stereocenters. The van der Waals surface area contributed by atoms with Crippen LogP contribution in [0.25, 0.3) is 10.9 Å². The molecule has 4 aromatic rings. The van der Waals surface area contributed by atoms with Crippen molar-refractivity contribution in [3.8, 4) is 5.88 Å². The van der Waals surface area contributed by atoms with E-state index in [-0.39, 0.29) is 23.0 Å². The summed E-state index contributed by atoms with van der Waals surface area (Å²) in [6, 6.07) is 19.5. The minimum absolute atomic E-state index is 0.0313. The van der Waals surface area contributed by atoms with Crippen LogP contribution in [0.4, 0.5) is 5.69 Å². The summed E-state index contributed by atoms with van der Waals surface area (Å²) in [7, 11) is 0. The predicted octanol–water partition coefficient (Wildman–Crippen LogP) is 5.16. The molecule has 6 rings (SSSR count). The molecule has 0 aliphatic carbocycles. The molecule has 1 amide bonds. The molecule has 2 atom stereocenters. The number of amides is 1. The van der Waals surface area contributed by atoms with E-state index < -0.39 is 5.91 Å². The Hall–Kier alpha value is -3.75. The van der Waals surface area contributed by atoms with E-state index in [9.17, 15) is 14.7 Å². The number of carbonyl (C=O) groups excluding carboxylic acids is 1. The SMILES string of the molecule is O=C(N=Nc1c(O)n(CN2CC3CC(C2)c2cccc(=O)n2C3)c2ccccc12)c1ccc(Cl)cc1. The Morgan fingerprint density at radius 1 is 1.00 bits per heavy atom. The second kappa shape index (κ2) is 9.04. The maximum absolute atomic E-state index is 12.5. The number of aromatic hydroxyl groups is 1. The van der Waals surface area contributed by atoms with Crippen LogP contribution in [-0.2, 0) is 13.2 Å². The number of pyridine rings is 1. The molecule has 1 fully saturated rings. The zero-order valence-corrected chi connectivity index (χ0v) is 20.2. The molecular weight excluding hydrogens is 478 g/mol. The lowest BCUT2D eigenvalue weighted by molar-refractivity contribution is 0.0922. The third-order valence-corrected chi connectivity index (χ3v) is 7.40. The number of likely N-dealkylation sites (tertiary alicyclic amines) is 1. The number of carbonyl (C=O) groups is 1. The van der Waals surface area contributed by atoms with E-state index >= 15 is 0 Å². The number of hydrogen-bond acceptors (Lipinski definition) is 5. The van der Waals surface area contributed by atoms with E-state index in [1.54, 1.807) is 30.3 Å². The molecule has 2 aliphatic heterocycles. The lowest BCUT2D eigenvalue weighted by Crippen LogP contribution is -2.47. The van der Waals surface area contributed by atoms with Crippen molar-refractivity contribution in [1.29, 1.82) is 0 Å². The minimum atomic E-state index is -0.513. The van der Waals surface area contributed by atoms with Crippen LogP contribution in [0.15, 0.2) is 81.8 Å². The van der Waals surface area contributed by atoms with Crippen LogP contribution in [0, 0.1) is 5.92 Å². The van der Waals surface area contributed by atoms with Crippen molar-refractivity contribution in [2.75, 3.05) is 13.1 Å². The monoisotopic (exact) mass is 501 g/mol. The van der Waals surface area contributed by atoms with Crippen LogP contribution >= 0.6 is 11.6 Å². The van der Waals surface area contributed by atoms with Crippen molar-refractivity contribution in [3.63, 3.8) is 0 Å². The Kier molecular flexibility index (Phi) is 5.70. The summed E-state index contributed by atoms with van der Waals surface area (Å²) in [5.41, 5.74) is 2.59. The van der Waals surface area contributed by atoms with E-state index in [0.717, 1.165) is 36.1 Å². The summed E-state index contributed by atoms with van der Waals surface area (Å²) in [6.45, 7) is 2.80. The van der Waals surface area contributed by atoms with Crippen molar-refractivity contribution in [1.82, 2.24) is 14.0 Å². The smallest absolute Gasteiger partial charge is 0.295 e. The Balaban J connectivity index is 1.29. The van der Waals surface area contributed by atoms with E-state index in [2.05, 4.69) is 15.1 Å². The molecule has 182 valence electrons. The molecule has 0 spiro atoms. The highest BCUT2D eigenvalue weighted by atomic mass is 35.5. The fraction of sp³-hybridized carbons (Fsp3) is 0.259. The molecule has 8 nitrogen and oxygen atoms in total. The Bertz CT molecular complexity index is 1560. The molecule has 2 aromatic heterocycles. The van der Waals surface area contributed by atoms with Crippen LogP contribution in [0.5, 0.6) is 5.88 Å². The maximum Gasteiger partial charge on any atom is 0.295 e. The van der Waals surface area contributed by atoms with E-state index in [0.29, 0.717) is 29.7 Å². The molecule has 2 bridgehead atoms. The van der Waals surface area contributed by atoms with Gasteiger partial charge in [-0.05, 0) is 48.7 Å². The number of fused-ring (bicyclic) bond motifs is 5. The summed E-state index contributed by atoms with van der Waals surface area (Å²) in [5, 5.41) is 20.4. The van der Waals surface area contributed by atoms with Gasteiger partial charge in [0.15, 0.2) is 5.69 Å². The van der Waals surface area contributed by atoms with Gasteiger partial charge in [-0.3, -0.25) is 19.1 Å². The van der Waals surface area contributed by atoms with Gasteiger partial charge in [-0.15, -0.1) is 10.2 Å². The van der Waals surface area contributed by atoms with Crippen LogP contribution in [0.1, 0.15) is 28.4 Å². The molecule has 1 N–H and O–H groups in total. The van der Waals surface area contributed by atoms with Gasteiger partial charge in [0.1, 0.15) is 0 Å². The Morgan fingerprint density at radius 2 is 1.81 bits per heavy atom. The van der Waals surface area contributed by atoms with E-state index in [1.807, 2.05) is 45.5 Å². The number of hydrogen-bond donors (Lipinski definition) is 1. The van der Waals surface area contributed by atoms with Crippen molar-refractivity contribution in [3.05, 3.63) is 93.4 Å². The largest absolute Gasteiger partial charge is 0.493 e. The number of halogens is 1. The van der Waals surface area contributed by atoms with Gasteiger partial charge in [0.05, 0.1) is 12.2 Å². The third-order valence-electron chi connectivity index (χ3n) is 7.15. The number of rotatable bonds is 4. The van der Waals surface area contributed by atoms with Gasteiger partial charge < -0.3 is 9.67 Å². The van der Waals surface area contributed by atoms with Crippen molar-refractivity contribution in [2.45, 2.75) is 25.6 Å². The topological polar surface area (TPSA) is 92.2 Å². The summed E-state index contributed by atoms with van der Waals surface area (Å²) >= 11 is 5.90. The van der Waals surface area contributed by atoms with Crippen molar-refractivity contribution < 1.29 is 9.90 Å². The average molecular weight is 502 g/mol. The zero-order valence-electron chi connectivity index (χ0n) is 19.4. The predicted molar refractivity (Wildman–Crippen MR) is 137 cm³/mol. The number of aromatic nitrogens is 2. The first kappa shape index (κ1) is 22.7. The molecule has 36 heavy (non-hydrogen) atoms.